The second kappa shape index (κ2) is 7.94. The van der Waals surface area contributed by atoms with Crippen LogP contribution >= 0.6 is 0 Å². The van der Waals surface area contributed by atoms with Crippen LogP contribution in [0.4, 0.5) is 4.39 Å². The summed E-state index contributed by atoms with van der Waals surface area (Å²) in [6.07, 6.45) is 0.803. The van der Waals surface area contributed by atoms with Crippen molar-refractivity contribution in [3.8, 4) is 0 Å². The summed E-state index contributed by atoms with van der Waals surface area (Å²) < 4.78 is 39.2. The molecule has 0 aliphatic carbocycles. The monoisotopic (exact) mass is 377 g/mol. The standard InChI is InChI=1S/C18H20FN3O3S/c19-15-5-7-17(8-6-15)26(24,25)22-12-18(23)21-11-16-9-13-3-1-2-4-14(13)10-20-16/h1-8,16,20,22H,9-12H2,(H,21,23). The van der Waals surface area contributed by atoms with Crippen molar-refractivity contribution in [1.82, 2.24) is 15.4 Å². The van der Waals surface area contributed by atoms with E-state index in [1.54, 1.807) is 0 Å². The SMILES string of the molecule is O=C(CNS(=O)(=O)c1ccc(F)cc1)NCC1Cc2ccccc2CN1. The van der Waals surface area contributed by atoms with Gasteiger partial charge in [0, 0.05) is 19.1 Å². The molecule has 3 rings (SSSR count). The summed E-state index contributed by atoms with van der Waals surface area (Å²) in [5, 5.41) is 6.07. The highest BCUT2D eigenvalue weighted by molar-refractivity contribution is 7.89. The Labute approximate surface area is 151 Å². The zero-order valence-electron chi connectivity index (χ0n) is 14.0. The fourth-order valence-corrected chi connectivity index (χ4v) is 3.80. The van der Waals surface area contributed by atoms with Gasteiger partial charge in [-0.3, -0.25) is 4.79 Å². The fourth-order valence-electron chi connectivity index (χ4n) is 2.82. The third kappa shape index (κ3) is 4.66. The van der Waals surface area contributed by atoms with E-state index >= 15 is 0 Å². The van der Waals surface area contributed by atoms with Crippen LogP contribution in [0.1, 0.15) is 11.1 Å². The first-order valence-electron chi connectivity index (χ1n) is 8.26. The second-order valence-corrected chi connectivity index (χ2v) is 7.90. The predicted octanol–water partition coefficient (Wildman–Crippen LogP) is 0.935. The highest BCUT2D eigenvalue weighted by atomic mass is 32.2. The van der Waals surface area contributed by atoms with Gasteiger partial charge in [-0.1, -0.05) is 24.3 Å². The summed E-state index contributed by atoms with van der Waals surface area (Å²) in [7, 11) is -3.85. The third-order valence-electron chi connectivity index (χ3n) is 4.26. The van der Waals surface area contributed by atoms with Crippen molar-refractivity contribution in [2.75, 3.05) is 13.1 Å². The van der Waals surface area contributed by atoms with Crippen molar-refractivity contribution in [3.63, 3.8) is 0 Å². The summed E-state index contributed by atoms with van der Waals surface area (Å²) in [5.41, 5.74) is 2.50. The van der Waals surface area contributed by atoms with Crippen molar-refractivity contribution in [2.24, 2.45) is 0 Å². The van der Waals surface area contributed by atoms with Crippen LogP contribution in [0.2, 0.25) is 0 Å². The molecule has 0 aromatic heterocycles. The molecule has 0 saturated heterocycles. The minimum Gasteiger partial charge on any atom is -0.353 e. The van der Waals surface area contributed by atoms with Crippen LogP contribution in [0.15, 0.2) is 53.4 Å². The van der Waals surface area contributed by atoms with Gasteiger partial charge >= 0.3 is 0 Å². The van der Waals surface area contributed by atoms with Gasteiger partial charge in [-0.2, -0.15) is 0 Å². The number of benzene rings is 2. The lowest BCUT2D eigenvalue weighted by Gasteiger charge is -2.26. The Kier molecular flexibility index (Phi) is 5.65. The number of hydrogen-bond donors (Lipinski definition) is 3. The van der Waals surface area contributed by atoms with Gasteiger partial charge in [-0.05, 0) is 41.8 Å². The normalized spacial score (nSPS) is 16.7. The lowest BCUT2D eigenvalue weighted by atomic mass is 9.96. The molecule has 1 amide bonds. The fraction of sp³-hybridized carbons (Fsp3) is 0.278. The molecule has 0 bridgehead atoms. The highest BCUT2D eigenvalue weighted by Crippen LogP contribution is 2.15. The van der Waals surface area contributed by atoms with Gasteiger partial charge in [-0.15, -0.1) is 0 Å². The molecule has 2 aromatic rings. The van der Waals surface area contributed by atoms with Crippen LogP contribution < -0.4 is 15.4 Å². The molecule has 1 atom stereocenters. The zero-order chi connectivity index (χ0) is 18.6. The molecule has 0 saturated carbocycles. The van der Waals surface area contributed by atoms with E-state index in [1.165, 1.54) is 11.1 Å². The largest absolute Gasteiger partial charge is 0.353 e. The van der Waals surface area contributed by atoms with Gasteiger partial charge in [0.1, 0.15) is 5.82 Å². The van der Waals surface area contributed by atoms with Crippen molar-refractivity contribution < 1.29 is 17.6 Å². The van der Waals surface area contributed by atoms with E-state index < -0.39 is 21.7 Å². The maximum absolute atomic E-state index is 12.9. The molecular weight excluding hydrogens is 357 g/mol. The van der Waals surface area contributed by atoms with Crippen LogP contribution in [-0.2, 0) is 27.8 Å². The number of rotatable bonds is 6. The number of carbonyl (C=O) groups is 1. The van der Waals surface area contributed by atoms with Gasteiger partial charge in [0.25, 0.3) is 0 Å². The molecule has 6 nitrogen and oxygen atoms in total. The maximum Gasteiger partial charge on any atom is 0.241 e. The highest BCUT2D eigenvalue weighted by Gasteiger charge is 2.19. The number of hydrogen-bond acceptors (Lipinski definition) is 4. The van der Waals surface area contributed by atoms with Gasteiger partial charge in [0.05, 0.1) is 11.4 Å². The average molecular weight is 377 g/mol. The number of fused-ring (bicyclic) bond motifs is 1. The topological polar surface area (TPSA) is 87.3 Å². The number of nitrogens with one attached hydrogen (secondary N) is 3. The minimum absolute atomic E-state index is 0.0859. The third-order valence-corrected chi connectivity index (χ3v) is 5.68. The van der Waals surface area contributed by atoms with Gasteiger partial charge in [0.2, 0.25) is 15.9 Å². The van der Waals surface area contributed by atoms with E-state index in [1.807, 2.05) is 12.1 Å². The number of halogens is 1. The van der Waals surface area contributed by atoms with Gasteiger partial charge in [0.15, 0.2) is 0 Å². The Morgan fingerprint density at radius 1 is 1.12 bits per heavy atom. The summed E-state index contributed by atoms with van der Waals surface area (Å²) in [6.45, 7) is 0.780. The Morgan fingerprint density at radius 2 is 1.81 bits per heavy atom. The van der Waals surface area contributed by atoms with Crippen LogP contribution in [0.25, 0.3) is 0 Å². The second-order valence-electron chi connectivity index (χ2n) is 6.13. The smallest absolute Gasteiger partial charge is 0.241 e. The molecule has 0 spiro atoms. The molecule has 138 valence electrons. The molecule has 1 heterocycles. The van der Waals surface area contributed by atoms with Crippen LogP contribution in [0.5, 0.6) is 0 Å². The Morgan fingerprint density at radius 3 is 2.54 bits per heavy atom. The number of carbonyl (C=O) groups excluding carboxylic acids is 1. The zero-order valence-corrected chi connectivity index (χ0v) is 14.9. The lowest BCUT2D eigenvalue weighted by Crippen LogP contribution is -2.46. The van der Waals surface area contributed by atoms with Crippen molar-refractivity contribution in [3.05, 3.63) is 65.5 Å². The molecule has 1 unspecified atom stereocenters. The maximum atomic E-state index is 12.9. The molecule has 2 aromatic carbocycles. The van der Waals surface area contributed by atoms with E-state index in [-0.39, 0.29) is 17.5 Å². The molecule has 1 aliphatic heterocycles. The first-order valence-corrected chi connectivity index (χ1v) is 9.74. The number of sulfonamides is 1. The molecule has 3 N–H and O–H groups in total. The van der Waals surface area contributed by atoms with E-state index in [0.29, 0.717) is 6.54 Å². The van der Waals surface area contributed by atoms with E-state index in [4.69, 9.17) is 0 Å². The van der Waals surface area contributed by atoms with Crippen molar-refractivity contribution in [1.29, 1.82) is 0 Å². The first-order chi connectivity index (χ1) is 12.4. The quantitative estimate of drug-likeness (QED) is 0.699. The van der Waals surface area contributed by atoms with Crippen molar-refractivity contribution in [2.45, 2.75) is 23.9 Å². The summed E-state index contributed by atoms with van der Waals surface area (Å²) >= 11 is 0. The van der Waals surface area contributed by atoms with Gasteiger partial charge in [-0.25, -0.2) is 17.5 Å². The average Bonchev–Trinajstić information content (AvgIpc) is 2.65. The molecule has 8 heteroatoms. The molecule has 26 heavy (non-hydrogen) atoms. The lowest BCUT2D eigenvalue weighted by molar-refractivity contribution is -0.120. The van der Waals surface area contributed by atoms with E-state index in [9.17, 15) is 17.6 Å². The van der Waals surface area contributed by atoms with Crippen LogP contribution in [0, 0.1) is 5.82 Å². The molecule has 0 fully saturated rings. The Hall–Kier alpha value is -2.29. The van der Waals surface area contributed by atoms with E-state index in [0.717, 1.165) is 37.2 Å². The van der Waals surface area contributed by atoms with Crippen molar-refractivity contribution >= 4 is 15.9 Å². The summed E-state index contributed by atoms with van der Waals surface area (Å²) in [6, 6.07) is 12.6. The summed E-state index contributed by atoms with van der Waals surface area (Å²) in [4.78, 5) is 11.9. The first kappa shape index (κ1) is 18.5. The van der Waals surface area contributed by atoms with Crippen LogP contribution in [-0.4, -0.2) is 33.5 Å². The molecule has 1 aliphatic rings. The summed E-state index contributed by atoms with van der Waals surface area (Å²) in [5.74, 6) is -0.945. The number of amides is 1. The predicted molar refractivity (Wildman–Crippen MR) is 95.4 cm³/mol. The molecular formula is C18H20FN3O3S. The van der Waals surface area contributed by atoms with E-state index in [2.05, 4.69) is 27.5 Å². The van der Waals surface area contributed by atoms with Crippen LogP contribution in [0.3, 0.4) is 0 Å². The Bertz CT molecular complexity index is 885. The minimum atomic E-state index is -3.85. The molecule has 0 radical (unpaired) electrons. The Balaban J connectivity index is 1.47. The van der Waals surface area contributed by atoms with Gasteiger partial charge < -0.3 is 10.6 Å².